The fourth-order valence-corrected chi connectivity index (χ4v) is 4.58. The number of carbonyl (C=O) groups is 2. The van der Waals surface area contributed by atoms with E-state index in [0.717, 1.165) is 15.6 Å². The Balaban J connectivity index is 3.08. The van der Waals surface area contributed by atoms with Crippen LogP contribution in [0, 0.1) is 0 Å². The summed E-state index contributed by atoms with van der Waals surface area (Å²) in [6, 6.07) is 1.34. The van der Waals surface area contributed by atoms with Crippen LogP contribution in [0.3, 0.4) is 0 Å². The molecule has 7 nitrogen and oxygen atoms in total. The summed E-state index contributed by atoms with van der Waals surface area (Å²) >= 11 is 0.985. The number of hydrogen-bond acceptors (Lipinski definition) is 6. The van der Waals surface area contributed by atoms with Gasteiger partial charge >= 0.3 is 5.97 Å². The van der Waals surface area contributed by atoms with Crippen LogP contribution in [0.5, 0.6) is 0 Å². The van der Waals surface area contributed by atoms with Gasteiger partial charge in [0.1, 0.15) is 9.77 Å². The molecule has 0 bridgehead atoms. The fourth-order valence-electron chi connectivity index (χ4n) is 1.87. The number of esters is 1. The molecule has 1 aromatic heterocycles. The number of nitrogens with zero attached hydrogens (tertiary/aromatic N) is 1. The molecule has 0 unspecified atom stereocenters. The Bertz CT molecular complexity index is 674. The lowest BCUT2D eigenvalue weighted by atomic mass is 10.1. The molecule has 1 rings (SSSR count). The molecule has 1 aromatic rings. The Morgan fingerprint density at radius 2 is 1.96 bits per heavy atom. The molecule has 1 amide bonds. The van der Waals surface area contributed by atoms with Crippen molar-refractivity contribution in [3.05, 3.63) is 16.3 Å². The Labute approximate surface area is 140 Å². The van der Waals surface area contributed by atoms with Crippen molar-refractivity contribution >= 4 is 33.2 Å². The molecule has 0 aliphatic heterocycles. The van der Waals surface area contributed by atoms with Crippen molar-refractivity contribution in [1.82, 2.24) is 9.62 Å². The number of ether oxygens (including phenoxy) is 1. The first-order valence-corrected chi connectivity index (χ1v) is 9.32. The van der Waals surface area contributed by atoms with Crippen LogP contribution >= 0.6 is 11.3 Å². The maximum Gasteiger partial charge on any atom is 0.349 e. The third-order valence-electron chi connectivity index (χ3n) is 2.80. The van der Waals surface area contributed by atoms with Crippen molar-refractivity contribution in [2.45, 2.75) is 38.1 Å². The zero-order valence-electron chi connectivity index (χ0n) is 13.9. The lowest BCUT2D eigenvalue weighted by Crippen LogP contribution is -2.47. The number of likely N-dealkylation sites (N-methyl/N-ethyl adjacent to an activating group) is 1. The summed E-state index contributed by atoms with van der Waals surface area (Å²) in [5.41, 5.74) is -0.459. The van der Waals surface area contributed by atoms with Crippen LogP contribution < -0.4 is 5.32 Å². The number of thiophene rings is 1. The van der Waals surface area contributed by atoms with Crippen LogP contribution in [-0.2, 0) is 19.6 Å². The molecule has 130 valence electrons. The van der Waals surface area contributed by atoms with E-state index < -0.39 is 27.4 Å². The average Bonchev–Trinajstić information content (AvgIpc) is 2.91. The molecule has 23 heavy (non-hydrogen) atoms. The second-order valence-electron chi connectivity index (χ2n) is 5.83. The predicted octanol–water partition coefficient (Wildman–Crippen LogP) is 1.46. The Kier molecular flexibility index (Phi) is 6.32. The SMILES string of the molecule is CCN(CC(=O)NC(C)(C)C)S(=O)(=O)c1ccsc1C(=O)OC. The van der Waals surface area contributed by atoms with Gasteiger partial charge in [-0.1, -0.05) is 6.92 Å². The molecule has 0 saturated carbocycles. The summed E-state index contributed by atoms with van der Waals surface area (Å²) < 4.78 is 31.1. The molecule has 0 aromatic carbocycles. The zero-order valence-corrected chi connectivity index (χ0v) is 15.5. The van der Waals surface area contributed by atoms with Crippen LogP contribution in [-0.4, -0.2) is 50.3 Å². The fraction of sp³-hybridized carbons (Fsp3) is 0.571. The van der Waals surface area contributed by atoms with Gasteiger partial charge in [0.15, 0.2) is 0 Å². The third kappa shape index (κ3) is 5.02. The summed E-state index contributed by atoms with van der Waals surface area (Å²) in [5, 5.41) is 4.22. The van der Waals surface area contributed by atoms with E-state index in [1.54, 1.807) is 6.92 Å². The number of amides is 1. The number of sulfonamides is 1. The molecule has 0 aliphatic carbocycles. The minimum absolute atomic E-state index is 0.00202. The molecule has 0 fully saturated rings. The number of methoxy groups -OCH3 is 1. The van der Waals surface area contributed by atoms with Crippen molar-refractivity contribution in [2.24, 2.45) is 0 Å². The van der Waals surface area contributed by atoms with E-state index in [0.29, 0.717) is 0 Å². The standard InChI is InChI=1S/C14H22N2O5S2/c1-6-16(9-11(17)15-14(2,3)4)23(19,20)10-7-8-22-12(10)13(18)21-5/h7-8H,6,9H2,1-5H3,(H,15,17). The van der Waals surface area contributed by atoms with Gasteiger partial charge in [-0.2, -0.15) is 4.31 Å². The predicted molar refractivity (Wildman–Crippen MR) is 88.0 cm³/mol. The van der Waals surface area contributed by atoms with Crippen molar-refractivity contribution in [1.29, 1.82) is 0 Å². The maximum atomic E-state index is 12.7. The first kappa shape index (κ1) is 19.6. The van der Waals surface area contributed by atoms with E-state index >= 15 is 0 Å². The largest absolute Gasteiger partial charge is 0.465 e. The first-order chi connectivity index (χ1) is 10.5. The van der Waals surface area contributed by atoms with E-state index in [9.17, 15) is 18.0 Å². The molecule has 1 heterocycles. The van der Waals surface area contributed by atoms with Crippen molar-refractivity contribution in [2.75, 3.05) is 20.2 Å². The second kappa shape index (κ2) is 7.41. The normalized spacial score (nSPS) is 12.3. The molecular formula is C14H22N2O5S2. The van der Waals surface area contributed by atoms with Crippen LogP contribution in [0.15, 0.2) is 16.3 Å². The first-order valence-electron chi connectivity index (χ1n) is 7.00. The molecule has 0 atom stereocenters. The highest BCUT2D eigenvalue weighted by Gasteiger charge is 2.31. The molecule has 0 aliphatic rings. The van der Waals surface area contributed by atoms with Gasteiger partial charge in [0, 0.05) is 12.1 Å². The van der Waals surface area contributed by atoms with Crippen LogP contribution in [0.25, 0.3) is 0 Å². The molecule has 9 heteroatoms. The van der Waals surface area contributed by atoms with Gasteiger partial charge in [-0.3, -0.25) is 4.79 Å². The molecule has 0 saturated heterocycles. The Morgan fingerprint density at radius 3 is 2.43 bits per heavy atom. The van der Waals surface area contributed by atoms with E-state index in [1.165, 1.54) is 18.6 Å². The Morgan fingerprint density at radius 1 is 1.35 bits per heavy atom. The van der Waals surface area contributed by atoms with Crippen molar-refractivity contribution < 1.29 is 22.7 Å². The summed E-state index contributed by atoms with van der Waals surface area (Å²) in [6.07, 6.45) is 0. The van der Waals surface area contributed by atoms with Crippen molar-refractivity contribution in [3.8, 4) is 0 Å². The van der Waals surface area contributed by atoms with Crippen LogP contribution in [0.1, 0.15) is 37.4 Å². The Hall–Kier alpha value is -1.45. The zero-order chi connectivity index (χ0) is 17.8. The number of nitrogens with one attached hydrogen (secondary N) is 1. The maximum absolute atomic E-state index is 12.7. The number of rotatable bonds is 6. The van der Waals surface area contributed by atoms with Crippen LogP contribution in [0.4, 0.5) is 0 Å². The van der Waals surface area contributed by atoms with E-state index in [-0.39, 0.29) is 22.9 Å². The minimum atomic E-state index is -3.96. The highest BCUT2D eigenvalue weighted by atomic mass is 32.2. The number of hydrogen-bond donors (Lipinski definition) is 1. The molecular weight excluding hydrogens is 340 g/mol. The van der Waals surface area contributed by atoms with E-state index in [1.807, 2.05) is 20.8 Å². The van der Waals surface area contributed by atoms with Crippen molar-refractivity contribution in [3.63, 3.8) is 0 Å². The van der Waals surface area contributed by atoms with Gasteiger partial charge in [-0.05, 0) is 32.2 Å². The summed E-state index contributed by atoms with van der Waals surface area (Å²) in [4.78, 5) is 23.6. The summed E-state index contributed by atoms with van der Waals surface area (Å²) in [6.45, 7) is 6.85. The third-order valence-corrected chi connectivity index (χ3v) is 5.79. The highest BCUT2D eigenvalue weighted by molar-refractivity contribution is 7.89. The van der Waals surface area contributed by atoms with Gasteiger partial charge < -0.3 is 10.1 Å². The quantitative estimate of drug-likeness (QED) is 0.774. The van der Waals surface area contributed by atoms with Gasteiger partial charge in [-0.25, -0.2) is 13.2 Å². The monoisotopic (exact) mass is 362 g/mol. The van der Waals surface area contributed by atoms with Gasteiger partial charge in [0.05, 0.1) is 13.7 Å². The average molecular weight is 362 g/mol. The lowest BCUT2D eigenvalue weighted by molar-refractivity contribution is -0.122. The minimum Gasteiger partial charge on any atom is -0.465 e. The molecule has 0 radical (unpaired) electrons. The summed E-state index contributed by atoms with van der Waals surface area (Å²) in [5.74, 6) is -1.12. The van der Waals surface area contributed by atoms with Gasteiger partial charge in [-0.15, -0.1) is 11.3 Å². The molecule has 0 spiro atoms. The topological polar surface area (TPSA) is 92.8 Å². The lowest BCUT2D eigenvalue weighted by Gasteiger charge is -2.24. The van der Waals surface area contributed by atoms with Gasteiger partial charge in [0.25, 0.3) is 0 Å². The summed E-state index contributed by atoms with van der Waals surface area (Å²) in [7, 11) is -2.77. The molecule has 1 N–H and O–H groups in total. The second-order valence-corrected chi connectivity index (χ2v) is 8.66. The van der Waals surface area contributed by atoms with E-state index in [2.05, 4.69) is 10.1 Å². The van der Waals surface area contributed by atoms with Gasteiger partial charge in [0.2, 0.25) is 15.9 Å². The highest BCUT2D eigenvalue weighted by Crippen LogP contribution is 2.25. The van der Waals surface area contributed by atoms with Crippen LogP contribution in [0.2, 0.25) is 0 Å². The van der Waals surface area contributed by atoms with E-state index in [4.69, 9.17) is 0 Å². The smallest absolute Gasteiger partial charge is 0.349 e. The number of carbonyl (C=O) groups excluding carboxylic acids is 2.